The average Bonchev–Trinajstić information content (AvgIpc) is 3.59. The van der Waals surface area contributed by atoms with Crippen LogP contribution in [0.15, 0.2) is 60.0 Å². The predicted octanol–water partition coefficient (Wildman–Crippen LogP) is 7.81. The number of benzene rings is 2. The lowest BCUT2D eigenvalue weighted by atomic mass is 10.1. The molecule has 1 fully saturated rings. The van der Waals surface area contributed by atoms with E-state index in [1.807, 2.05) is 34.5 Å². The quantitative estimate of drug-likeness (QED) is 0.100. The summed E-state index contributed by atoms with van der Waals surface area (Å²) in [5.74, 6) is 1.09. The van der Waals surface area contributed by atoms with Crippen LogP contribution in [0.1, 0.15) is 63.8 Å². The summed E-state index contributed by atoms with van der Waals surface area (Å²) in [6.07, 6.45) is 6.62. The van der Waals surface area contributed by atoms with Crippen molar-refractivity contribution >= 4 is 52.9 Å². The van der Waals surface area contributed by atoms with Crippen LogP contribution in [-0.2, 0) is 4.79 Å². The van der Waals surface area contributed by atoms with E-state index in [-0.39, 0.29) is 36.3 Å². The lowest BCUT2D eigenvalue weighted by molar-refractivity contribution is -0.126. The highest BCUT2D eigenvalue weighted by Crippen LogP contribution is 2.40. The summed E-state index contributed by atoms with van der Waals surface area (Å²) < 4.78 is 12.2. The predicted molar refractivity (Wildman–Crippen MR) is 184 cm³/mol. The lowest BCUT2D eigenvalue weighted by Gasteiger charge is -2.35. The molecule has 1 aliphatic rings. The topological polar surface area (TPSA) is 98.1 Å². The minimum absolute atomic E-state index is 0. The molecule has 4 rings (SSSR count). The molecule has 10 heteroatoms. The van der Waals surface area contributed by atoms with E-state index in [1.165, 1.54) is 11.3 Å². The van der Waals surface area contributed by atoms with E-state index in [9.17, 15) is 9.90 Å². The van der Waals surface area contributed by atoms with Gasteiger partial charge >= 0.3 is 0 Å². The number of anilines is 2. The molecule has 3 N–H and O–H groups in total. The van der Waals surface area contributed by atoms with Crippen molar-refractivity contribution in [3.63, 3.8) is 0 Å². The first-order valence-corrected chi connectivity index (χ1v) is 16.1. The number of phenols is 1. The normalized spacial score (nSPS) is 13.3. The Morgan fingerprint density at radius 2 is 1.52 bits per heavy atom. The number of aromatic hydroxyl groups is 1. The second-order valence-corrected chi connectivity index (χ2v) is 11.6. The second-order valence-electron chi connectivity index (χ2n) is 10.6. The summed E-state index contributed by atoms with van der Waals surface area (Å²) in [4.78, 5) is 18.1. The molecule has 0 saturated carbocycles. The molecule has 1 amide bonds. The van der Waals surface area contributed by atoms with Crippen LogP contribution in [0.5, 0.6) is 17.2 Å². The molecule has 0 bridgehead atoms. The fourth-order valence-electron chi connectivity index (χ4n) is 4.99. The van der Waals surface area contributed by atoms with E-state index >= 15 is 0 Å². The molecule has 0 aliphatic carbocycles. The Balaban J connectivity index is 0.00000529. The summed E-state index contributed by atoms with van der Waals surface area (Å²) in [6, 6.07) is 15.5. The first-order valence-electron chi connectivity index (χ1n) is 15.3. The second kappa shape index (κ2) is 17.0. The number of phenolic OH excluding ortho intramolecular Hbond substituents is 1. The first-order chi connectivity index (χ1) is 20.8. The molecule has 1 aliphatic heterocycles. The van der Waals surface area contributed by atoms with Gasteiger partial charge in [-0.2, -0.15) is 0 Å². The van der Waals surface area contributed by atoms with Gasteiger partial charge in [-0.05, 0) is 85.2 Å². The van der Waals surface area contributed by atoms with E-state index in [2.05, 4.69) is 50.0 Å². The largest absolute Gasteiger partial charge is 0.502 e. The number of carbonyl (C=O) groups excluding carboxylic acids is 1. The number of nitrogens with zero attached hydrogens (tertiary/aromatic N) is 2. The van der Waals surface area contributed by atoms with Crippen molar-refractivity contribution in [3.05, 3.63) is 70.4 Å². The third-order valence-corrected chi connectivity index (χ3v) is 8.64. The van der Waals surface area contributed by atoms with Gasteiger partial charge in [0.15, 0.2) is 11.5 Å². The van der Waals surface area contributed by atoms with Crippen LogP contribution in [0.4, 0.5) is 11.4 Å². The van der Waals surface area contributed by atoms with Crippen LogP contribution in [0.25, 0.3) is 6.08 Å². The number of thiophene rings is 1. The SMILES string of the molecule is CCC(CC)Oc1cc(/C=C/C(=O)N2CCN(c3ccc(NC(=N)c4cccs4)cc3)CC2)cc(OC(CC)CC)c1O.Cl. The number of rotatable bonds is 13. The molecule has 0 unspecified atom stereocenters. The molecule has 8 nitrogen and oxygen atoms in total. The van der Waals surface area contributed by atoms with Crippen molar-refractivity contribution in [2.45, 2.75) is 65.6 Å². The number of carbonyl (C=O) groups is 1. The Morgan fingerprint density at radius 3 is 2.02 bits per heavy atom. The van der Waals surface area contributed by atoms with E-state index in [0.29, 0.717) is 30.4 Å². The number of amidine groups is 1. The van der Waals surface area contributed by atoms with Crippen molar-refractivity contribution in [2.24, 2.45) is 0 Å². The molecule has 238 valence electrons. The Labute approximate surface area is 271 Å². The summed E-state index contributed by atoms with van der Waals surface area (Å²) in [6.45, 7) is 10.9. The molecule has 2 aromatic carbocycles. The maximum Gasteiger partial charge on any atom is 0.246 e. The number of piperazine rings is 1. The third-order valence-electron chi connectivity index (χ3n) is 7.75. The van der Waals surface area contributed by atoms with Gasteiger partial charge in [-0.15, -0.1) is 23.7 Å². The zero-order valence-corrected chi connectivity index (χ0v) is 27.7. The number of hydrogen-bond donors (Lipinski definition) is 3. The molecule has 0 radical (unpaired) electrons. The molecule has 1 aromatic heterocycles. The van der Waals surface area contributed by atoms with Gasteiger partial charge in [-0.25, -0.2) is 0 Å². The van der Waals surface area contributed by atoms with Gasteiger partial charge in [0.2, 0.25) is 11.7 Å². The fourth-order valence-corrected chi connectivity index (χ4v) is 5.62. The highest BCUT2D eigenvalue weighted by molar-refractivity contribution is 7.12. The molecule has 0 spiro atoms. The van der Waals surface area contributed by atoms with Crippen LogP contribution in [0.2, 0.25) is 0 Å². The third kappa shape index (κ3) is 9.16. The standard InChI is InChI=1S/C34H44N4O4S.ClH/c1-5-27(6-2)41-29-22-24(23-30(33(29)40)42-28(7-3)8-4)11-16-32(39)38-19-17-37(18-20-38)26-14-12-25(13-15-26)36-34(35)31-10-9-21-43-31;/h9-16,21-23,27-28,40H,5-8,17-20H2,1-4H3,(H2,35,36);1H/b16-11+;. The zero-order chi connectivity index (χ0) is 30.8. The Morgan fingerprint density at radius 1 is 0.955 bits per heavy atom. The number of ether oxygens (including phenoxy) is 2. The van der Waals surface area contributed by atoms with Crippen molar-refractivity contribution in [1.82, 2.24) is 4.90 Å². The summed E-state index contributed by atoms with van der Waals surface area (Å²) >= 11 is 1.54. The average molecular weight is 641 g/mol. The summed E-state index contributed by atoms with van der Waals surface area (Å²) in [7, 11) is 0. The smallest absolute Gasteiger partial charge is 0.246 e. The Bertz CT molecular complexity index is 1330. The summed E-state index contributed by atoms with van der Waals surface area (Å²) in [5, 5.41) is 24.3. The maximum atomic E-state index is 13.1. The fraction of sp³-hybridized carbons (Fsp3) is 0.412. The number of halogens is 1. The monoisotopic (exact) mass is 640 g/mol. The number of hydrogen-bond acceptors (Lipinski definition) is 7. The van der Waals surface area contributed by atoms with Gasteiger partial charge < -0.3 is 29.7 Å². The maximum absolute atomic E-state index is 13.1. The van der Waals surface area contributed by atoms with Crippen LogP contribution in [-0.4, -0.2) is 60.1 Å². The first kappa shape index (κ1) is 34.8. The van der Waals surface area contributed by atoms with E-state index in [1.54, 1.807) is 24.3 Å². The number of nitrogens with one attached hydrogen (secondary N) is 2. The van der Waals surface area contributed by atoms with Crippen molar-refractivity contribution in [3.8, 4) is 17.2 Å². The van der Waals surface area contributed by atoms with Crippen molar-refractivity contribution in [1.29, 1.82) is 5.41 Å². The van der Waals surface area contributed by atoms with Crippen LogP contribution in [0.3, 0.4) is 0 Å². The minimum atomic E-state index is -0.0516. The van der Waals surface area contributed by atoms with Crippen LogP contribution < -0.4 is 19.7 Å². The van der Waals surface area contributed by atoms with E-state index in [0.717, 1.165) is 60.6 Å². The molecule has 1 saturated heterocycles. The lowest BCUT2D eigenvalue weighted by Crippen LogP contribution is -2.48. The molecular weight excluding hydrogens is 596 g/mol. The van der Waals surface area contributed by atoms with E-state index in [4.69, 9.17) is 14.9 Å². The van der Waals surface area contributed by atoms with E-state index < -0.39 is 0 Å². The molecule has 3 aromatic rings. The van der Waals surface area contributed by atoms with Gasteiger partial charge in [0, 0.05) is 43.6 Å². The highest BCUT2D eigenvalue weighted by atomic mass is 35.5. The summed E-state index contributed by atoms with van der Waals surface area (Å²) in [5.41, 5.74) is 2.71. The molecular formula is C34H45ClN4O4S. The molecule has 0 atom stereocenters. The number of amides is 1. The van der Waals surface area contributed by atoms with Gasteiger partial charge in [-0.3, -0.25) is 10.2 Å². The van der Waals surface area contributed by atoms with Crippen LogP contribution in [0, 0.1) is 5.41 Å². The molecule has 44 heavy (non-hydrogen) atoms. The van der Waals surface area contributed by atoms with Crippen molar-refractivity contribution < 1.29 is 19.4 Å². The van der Waals surface area contributed by atoms with Crippen molar-refractivity contribution in [2.75, 3.05) is 36.4 Å². The van der Waals surface area contributed by atoms with Gasteiger partial charge in [0.05, 0.1) is 17.1 Å². The molecule has 2 heterocycles. The Kier molecular flexibility index (Phi) is 13.4. The zero-order valence-electron chi connectivity index (χ0n) is 26.0. The van der Waals surface area contributed by atoms with Gasteiger partial charge in [0.1, 0.15) is 5.84 Å². The Hall–Kier alpha value is -3.69. The van der Waals surface area contributed by atoms with Gasteiger partial charge in [-0.1, -0.05) is 33.8 Å². The minimum Gasteiger partial charge on any atom is -0.502 e. The highest BCUT2D eigenvalue weighted by Gasteiger charge is 2.21. The van der Waals surface area contributed by atoms with Gasteiger partial charge in [0.25, 0.3) is 0 Å². The van der Waals surface area contributed by atoms with Crippen LogP contribution >= 0.6 is 23.7 Å².